The Hall–Kier alpha value is -1.42. The first-order valence-corrected chi connectivity index (χ1v) is 7.28. The van der Waals surface area contributed by atoms with Crippen LogP contribution in [0.4, 0.5) is 0 Å². The van der Waals surface area contributed by atoms with E-state index in [1.54, 1.807) is 21.3 Å². The van der Waals surface area contributed by atoms with E-state index in [4.69, 9.17) is 14.2 Å². The SMILES string of the molecule is COc1ccc(CNCCCC2CC2)c(OC)c1OC. The van der Waals surface area contributed by atoms with Crippen molar-refractivity contribution in [3.05, 3.63) is 17.7 Å². The molecule has 0 amide bonds. The Balaban J connectivity index is 1.91. The maximum atomic E-state index is 5.47. The van der Waals surface area contributed by atoms with Crippen molar-refractivity contribution < 1.29 is 14.2 Å². The van der Waals surface area contributed by atoms with E-state index >= 15 is 0 Å². The van der Waals surface area contributed by atoms with E-state index in [0.29, 0.717) is 11.5 Å². The molecule has 0 heterocycles. The van der Waals surface area contributed by atoms with E-state index in [9.17, 15) is 0 Å². The summed E-state index contributed by atoms with van der Waals surface area (Å²) < 4.78 is 16.1. The van der Waals surface area contributed by atoms with Crippen LogP contribution >= 0.6 is 0 Å². The molecule has 112 valence electrons. The number of rotatable bonds is 9. The summed E-state index contributed by atoms with van der Waals surface area (Å²) in [5.41, 5.74) is 1.09. The molecule has 0 unspecified atom stereocenters. The number of hydrogen-bond acceptors (Lipinski definition) is 4. The fraction of sp³-hybridized carbons (Fsp3) is 0.625. The maximum Gasteiger partial charge on any atom is 0.203 e. The monoisotopic (exact) mass is 279 g/mol. The van der Waals surface area contributed by atoms with Crippen molar-refractivity contribution >= 4 is 0 Å². The number of methoxy groups -OCH3 is 3. The number of ether oxygens (including phenoxy) is 3. The highest BCUT2D eigenvalue weighted by molar-refractivity contribution is 5.55. The van der Waals surface area contributed by atoms with E-state index in [-0.39, 0.29) is 0 Å². The molecular weight excluding hydrogens is 254 g/mol. The van der Waals surface area contributed by atoms with Gasteiger partial charge in [-0.3, -0.25) is 0 Å². The molecule has 0 spiro atoms. The van der Waals surface area contributed by atoms with Gasteiger partial charge >= 0.3 is 0 Å². The lowest BCUT2D eigenvalue weighted by molar-refractivity contribution is 0.321. The molecule has 1 aliphatic rings. The Morgan fingerprint density at radius 2 is 1.80 bits per heavy atom. The largest absolute Gasteiger partial charge is 0.493 e. The van der Waals surface area contributed by atoms with E-state index in [1.165, 1.54) is 25.7 Å². The van der Waals surface area contributed by atoms with Gasteiger partial charge in [-0.25, -0.2) is 0 Å². The minimum Gasteiger partial charge on any atom is -0.493 e. The molecule has 4 nitrogen and oxygen atoms in total. The van der Waals surface area contributed by atoms with Gasteiger partial charge in [0.1, 0.15) is 0 Å². The number of nitrogens with one attached hydrogen (secondary N) is 1. The molecule has 1 aromatic carbocycles. The van der Waals surface area contributed by atoms with Gasteiger partial charge < -0.3 is 19.5 Å². The van der Waals surface area contributed by atoms with Crippen molar-refractivity contribution in [1.29, 1.82) is 0 Å². The lowest BCUT2D eigenvalue weighted by Crippen LogP contribution is -2.15. The van der Waals surface area contributed by atoms with Crippen LogP contribution in [0, 0.1) is 5.92 Å². The van der Waals surface area contributed by atoms with Crippen LogP contribution in [-0.2, 0) is 6.54 Å². The van der Waals surface area contributed by atoms with Gasteiger partial charge in [0.2, 0.25) is 5.75 Å². The average Bonchev–Trinajstić information content (AvgIpc) is 3.30. The second kappa shape index (κ2) is 7.39. The van der Waals surface area contributed by atoms with Crippen molar-refractivity contribution in [2.45, 2.75) is 32.2 Å². The molecule has 0 radical (unpaired) electrons. The highest BCUT2D eigenvalue weighted by atomic mass is 16.5. The molecule has 2 rings (SSSR count). The van der Waals surface area contributed by atoms with Crippen LogP contribution in [0.25, 0.3) is 0 Å². The third-order valence-electron chi connectivity index (χ3n) is 3.76. The Labute approximate surface area is 121 Å². The Morgan fingerprint density at radius 3 is 2.40 bits per heavy atom. The minimum atomic E-state index is 0.660. The summed E-state index contributed by atoms with van der Waals surface area (Å²) in [5.74, 6) is 3.11. The summed E-state index contributed by atoms with van der Waals surface area (Å²) in [6, 6.07) is 3.94. The molecular formula is C16H25NO3. The van der Waals surface area contributed by atoms with E-state index in [2.05, 4.69) is 5.32 Å². The van der Waals surface area contributed by atoms with Gasteiger partial charge in [0.15, 0.2) is 11.5 Å². The summed E-state index contributed by atoms with van der Waals surface area (Å²) in [5, 5.41) is 3.47. The van der Waals surface area contributed by atoms with E-state index in [0.717, 1.165) is 30.3 Å². The van der Waals surface area contributed by atoms with Crippen LogP contribution in [0.2, 0.25) is 0 Å². The molecule has 0 aromatic heterocycles. The quantitative estimate of drug-likeness (QED) is 0.705. The van der Waals surface area contributed by atoms with Crippen LogP contribution in [0.3, 0.4) is 0 Å². The molecule has 1 aromatic rings. The Morgan fingerprint density at radius 1 is 1.05 bits per heavy atom. The lowest BCUT2D eigenvalue weighted by Gasteiger charge is -2.16. The molecule has 0 bridgehead atoms. The zero-order chi connectivity index (χ0) is 14.4. The smallest absolute Gasteiger partial charge is 0.203 e. The van der Waals surface area contributed by atoms with Crippen LogP contribution in [0.1, 0.15) is 31.2 Å². The van der Waals surface area contributed by atoms with Crippen molar-refractivity contribution in [2.75, 3.05) is 27.9 Å². The standard InChI is InChI=1S/C16H25NO3/c1-18-14-9-8-13(15(19-2)16(14)20-3)11-17-10-4-5-12-6-7-12/h8-9,12,17H,4-7,10-11H2,1-3H3. The third-order valence-corrected chi connectivity index (χ3v) is 3.76. The highest BCUT2D eigenvalue weighted by Gasteiger charge is 2.20. The molecule has 20 heavy (non-hydrogen) atoms. The van der Waals surface area contributed by atoms with Crippen molar-refractivity contribution in [1.82, 2.24) is 5.32 Å². The Bertz CT molecular complexity index is 430. The third kappa shape index (κ3) is 3.79. The normalized spacial score (nSPS) is 14.2. The van der Waals surface area contributed by atoms with Crippen molar-refractivity contribution in [3.8, 4) is 17.2 Å². The van der Waals surface area contributed by atoms with Crippen LogP contribution in [0.15, 0.2) is 12.1 Å². The van der Waals surface area contributed by atoms with Gasteiger partial charge in [0.05, 0.1) is 21.3 Å². The average molecular weight is 279 g/mol. The molecule has 1 fully saturated rings. The number of hydrogen-bond donors (Lipinski definition) is 1. The highest BCUT2D eigenvalue weighted by Crippen LogP contribution is 2.39. The molecule has 0 atom stereocenters. The summed E-state index contributed by atoms with van der Waals surface area (Å²) >= 11 is 0. The zero-order valence-electron chi connectivity index (χ0n) is 12.7. The van der Waals surface area contributed by atoms with Gasteiger partial charge in [0.25, 0.3) is 0 Å². The van der Waals surface area contributed by atoms with Crippen LogP contribution in [0.5, 0.6) is 17.2 Å². The molecule has 0 saturated heterocycles. The van der Waals surface area contributed by atoms with Crippen LogP contribution in [-0.4, -0.2) is 27.9 Å². The van der Waals surface area contributed by atoms with Gasteiger partial charge in [-0.2, -0.15) is 0 Å². The predicted molar refractivity (Wildman–Crippen MR) is 79.8 cm³/mol. The summed E-state index contributed by atoms with van der Waals surface area (Å²) in [6.07, 6.45) is 5.48. The zero-order valence-corrected chi connectivity index (χ0v) is 12.7. The fourth-order valence-corrected chi connectivity index (χ4v) is 2.45. The van der Waals surface area contributed by atoms with Gasteiger partial charge in [0, 0.05) is 12.1 Å². The lowest BCUT2D eigenvalue weighted by atomic mass is 10.1. The first-order chi connectivity index (χ1) is 9.80. The molecule has 4 heteroatoms. The summed E-state index contributed by atoms with van der Waals surface area (Å²) in [7, 11) is 4.92. The first kappa shape index (κ1) is 15.0. The molecule has 1 aliphatic carbocycles. The molecule has 1 N–H and O–H groups in total. The van der Waals surface area contributed by atoms with Gasteiger partial charge in [-0.15, -0.1) is 0 Å². The van der Waals surface area contributed by atoms with Crippen molar-refractivity contribution in [2.24, 2.45) is 5.92 Å². The second-order valence-corrected chi connectivity index (χ2v) is 5.26. The van der Waals surface area contributed by atoms with Crippen LogP contribution < -0.4 is 19.5 Å². The summed E-state index contributed by atoms with van der Waals surface area (Å²) in [6.45, 7) is 1.84. The minimum absolute atomic E-state index is 0.660. The topological polar surface area (TPSA) is 39.7 Å². The maximum absolute atomic E-state index is 5.47. The fourth-order valence-electron chi connectivity index (χ4n) is 2.45. The first-order valence-electron chi connectivity index (χ1n) is 7.28. The van der Waals surface area contributed by atoms with E-state index < -0.39 is 0 Å². The van der Waals surface area contributed by atoms with Gasteiger partial charge in [-0.1, -0.05) is 18.9 Å². The molecule has 1 saturated carbocycles. The van der Waals surface area contributed by atoms with E-state index in [1.807, 2.05) is 12.1 Å². The summed E-state index contributed by atoms with van der Waals surface area (Å²) in [4.78, 5) is 0. The Kier molecular flexibility index (Phi) is 5.53. The number of benzene rings is 1. The predicted octanol–water partition coefficient (Wildman–Crippen LogP) is 2.99. The van der Waals surface area contributed by atoms with Gasteiger partial charge in [-0.05, 0) is 31.4 Å². The molecule has 0 aliphatic heterocycles. The van der Waals surface area contributed by atoms with Crippen molar-refractivity contribution in [3.63, 3.8) is 0 Å². The second-order valence-electron chi connectivity index (χ2n) is 5.26.